The molecule has 1 atom stereocenters. The molecule has 3 N–H and O–H groups in total. The zero-order valence-electron chi connectivity index (χ0n) is 14.0. The second kappa shape index (κ2) is 7.98. The number of hydrogen-bond donors (Lipinski definition) is 3. The standard InChI is InChI=1S/C16H19ClN2O6/c1-4-25-15(21)12-9(7-17)18-16(22)19-13(12)8-5-10(23-2)14(20)11(6-8)24-3/h5-6,13,20H,4,7H2,1-3H3,(H2,18,19,22). The molecule has 0 saturated heterocycles. The fourth-order valence-corrected chi connectivity index (χ4v) is 2.71. The molecule has 1 unspecified atom stereocenters. The molecule has 2 amide bonds. The van der Waals surface area contributed by atoms with E-state index < -0.39 is 18.0 Å². The Balaban J connectivity index is 2.61. The quantitative estimate of drug-likeness (QED) is 0.521. The van der Waals surface area contributed by atoms with E-state index in [0.717, 1.165) is 0 Å². The third-order valence-electron chi connectivity index (χ3n) is 3.62. The lowest BCUT2D eigenvalue weighted by Crippen LogP contribution is -2.46. The number of phenols is 1. The summed E-state index contributed by atoms with van der Waals surface area (Å²) < 4.78 is 15.3. The first-order chi connectivity index (χ1) is 12.0. The summed E-state index contributed by atoms with van der Waals surface area (Å²) in [5, 5.41) is 15.2. The topological polar surface area (TPSA) is 106 Å². The van der Waals surface area contributed by atoms with Gasteiger partial charge in [0.15, 0.2) is 11.5 Å². The van der Waals surface area contributed by atoms with Crippen LogP contribution in [0.5, 0.6) is 17.2 Å². The smallest absolute Gasteiger partial charge is 0.338 e. The molecule has 8 nitrogen and oxygen atoms in total. The molecular weight excluding hydrogens is 352 g/mol. The summed E-state index contributed by atoms with van der Waals surface area (Å²) in [6.45, 7) is 1.84. The number of hydrogen-bond acceptors (Lipinski definition) is 6. The Hall–Kier alpha value is -2.61. The molecule has 25 heavy (non-hydrogen) atoms. The van der Waals surface area contributed by atoms with Crippen molar-refractivity contribution in [2.24, 2.45) is 0 Å². The number of phenolic OH excluding ortho intramolecular Hbond substituents is 1. The molecule has 2 rings (SSSR count). The highest BCUT2D eigenvalue weighted by atomic mass is 35.5. The molecule has 0 radical (unpaired) electrons. The van der Waals surface area contributed by atoms with E-state index in [1.54, 1.807) is 6.92 Å². The maximum atomic E-state index is 12.4. The molecule has 1 aromatic carbocycles. The van der Waals surface area contributed by atoms with Gasteiger partial charge in [-0.1, -0.05) is 0 Å². The average molecular weight is 371 g/mol. The number of amides is 2. The molecule has 0 aromatic heterocycles. The van der Waals surface area contributed by atoms with Crippen LogP contribution in [-0.2, 0) is 9.53 Å². The first kappa shape index (κ1) is 18.7. The summed E-state index contributed by atoms with van der Waals surface area (Å²) in [6, 6.07) is 1.64. The van der Waals surface area contributed by atoms with E-state index in [4.69, 9.17) is 25.8 Å². The van der Waals surface area contributed by atoms with Crippen LogP contribution in [0, 0.1) is 0 Å². The number of nitrogens with one attached hydrogen (secondary N) is 2. The fourth-order valence-electron chi connectivity index (χ4n) is 2.50. The van der Waals surface area contributed by atoms with Crippen molar-refractivity contribution in [3.8, 4) is 17.2 Å². The lowest BCUT2D eigenvalue weighted by atomic mass is 9.95. The Bertz CT molecular complexity index is 694. The van der Waals surface area contributed by atoms with Crippen LogP contribution in [0.15, 0.2) is 23.4 Å². The van der Waals surface area contributed by atoms with Crippen molar-refractivity contribution in [3.63, 3.8) is 0 Å². The number of aromatic hydroxyl groups is 1. The second-order valence-corrected chi connectivity index (χ2v) is 5.32. The molecule has 0 saturated carbocycles. The predicted octanol–water partition coefficient (Wildman–Crippen LogP) is 1.82. The van der Waals surface area contributed by atoms with Crippen LogP contribution in [-0.4, -0.2) is 43.8 Å². The van der Waals surface area contributed by atoms with E-state index in [1.807, 2.05) is 0 Å². The number of carbonyl (C=O) groups excluding carboxylic acids is 2. The van der Waals surface area contributed by atoms with Gasteiger partial charge >= 0.3 is 12.0 Å². The highest BCUT2D eigenvalue weighted by Crippen LogP contribution is 2.40. The molecule has 1 aliphatic rings. The van der Waals surface area contributed by atoms with Gasteiger partial charge in [0.25, 0.3) is 0 Å². The van der Waals surface area contributed by atoms with Gasteiger partial charge in [-0.3, -0.25) is 0 Å². The van der Waals surface area contributed by atoms with Crippen LogP contribution in [0.3, 0.4) is 0 Å². The monoisotopic (exact) mass is 370 g/mol. The molecule has 0 fully saturated rings. The van der Waals surface area contributed by atoms with Gasteiger partial charge in [-0.25, -0.2) is 9.59 Å². The number of allylic oxidation sites excluding steroid dienone is 1. The van der Waals surface area contributed by atoms with Gasteiger partial charge in [0.2, 0.25) is 5.75 Å². The van der Waals surface area contributed by atoms with E-state index in [0.29, 0.717) is 5.56 Å². The minimum absolute atomic E-state index is 0.0789. The van der Waals surface area contributed by atoms with Crippen LogP contribution in [0.25, 0.3) is 0 Å². The van der Waals surface area contributed by atoms with Gasteiger partial charge in [0.1, 0.15) is 0 Å². The summed E-state index contributed by atoms with van der Waals surface area (Å²) in [5.74, 6) is -0.602. The summed E-state index contributed by atoms with van der Waals surface area (Å²) in [7, 11) is 2.76. The molecule has 0 aliphatic carbocycles. The molecule has 0 spiro atoms. The van der Waals surface area contributed by atoms with Gasteiger partial charge in [0, 0.05) is 5.70 Å². The van der Waals surface area contributed by atoms with Gasteiger partial charge in [-0.15, -0.1) is 11.6 Å². The summed E-state index contributed by atoms with van der Waals surface area (Å²) >= 11 is 5.88. The van der Waals surface area contributed by atoms with Crippen molar-refractivity contribution in [2.45, 2.75) is 13.0 Å². The Kier molecular flexibility index (Phi) is 5.97. The highest BCUT2D eigenvalue weighted by Gasteiger charge is 2.34. The zero-order valence-corrected chi connectivity index (χ0v) is 14.8. The average Bonchev–Trinajstić information content (AvgIpc) is 2.61. The second-order valence-electron chi connectivity index (χ2n) is 5.05. The highest BCUT2D eigenvalue weighted by molar-refractivity contribution is 6.20. The Labute approximate surface area is 149 Å². The maximum Gasteiger partial charge on any atom is 0.338 e. The Morgan fingerprint density at radius 1 is 1.28 bits per heavy atom. The molecular formula is C16H19ClN2O6. The van der Waals surface area contributed by atoms with E-state index >= 15 is 0 Å². The molecule has 1 heterocycles. The number of esters is 1. The maximum absolute atomic E-state index is 12.4. The van der Waals surface area contributed by atoms with Gasteiger partial charge in [0.05, 0.1) is 38.3 Å². The fraction of sp³-hybridized carbons (Fsp3) is 0.375. The number of methoxy groups -OCH3 is 2. The van der Waals surface area contributed by atoms with Crippen molar-refractivity contribution in [1.82, 2.24) is 10.6 Å². The minimum Gasteiger partial charge on any atom is -0.502 e. The first-order valence-electron chi connectivity index (χ1n) is 7.45. The van der Waals surface area contributed by atoms with E-state index in [1.165, 1.54) is 26.4 Å². The van der Waals surface area contributed by atoms with Crippen LogP contribution in [0.1, 0.15) is 18.5 Å². The number of urea groups is 1. The third-order valence-corrected chi connectivity index (χ3v) is 3.89. The summed E-state index contributed by atoms with van der Waals surface area (Å²) in [6.07, 6.45) is 0. The summed E-state index contributed by atoms with van der Waals surface area (Å²) in [4.78, 5) is 24.3. The van der Waals surface area contributed by atoms with Crippen molar-refractivity contribution >= 4 is 23.6 Å². The largest absolute Gasteiger partial charge is 0.502 e. The van der Waals surface area contributed by atoms with Crippen LogP contribution < -0.4 is 20.1 Å². The lowest BCUT2D eigenvalue weighted by molar-refractivity contribution is -0.139. The van der Waals surface area contributed by atoms with Crippen LogP contribution in [0.2, 0.25) is 0 Å². The zero-order chi connectivity index (χ0) is 18.6. The molecule has 1 aromatic rings. The van der Waals surface area contributed by atoms with Crippen molar-refractivity contribution in [3.05, 3.63) is 29.0 Å². The number of benzene rings is 1. The van der Waals surface area contributed by atoms with Gasteiger partial charge in [-0.2, -0.15) is 0 Å². The number of alkyl halides is 1. The molecule has 1 aliphatic heterocycles. The van der Waals surface area contributed by atoms with Crippen molar-refractivity contribution in [2.75, 3.05) is 26.7 Å². The van der Waals surface area contributed by atoms with Gasteiger partial charge < -0.3 is 30.0 Å². The number of ether oxygens (including phenoxy) is 3. The van der Waals surface area contributed by atoms with E-state index in [-0.39, 0.29) is 41.0 Å². The first-order valence-corrected chi connectivity index (χ1v) is 7.98. The molecule has 0 bridgehead atoms. The Morgan fingerprint density at radius 2 is 1.88 bits per heavy atom. The number of halogens is 1. The summed E-state index contributed by atoms with van der Waals surface area (Å²) in [5.41, 5.74) is 0.887. The Morgan fingerprint density at radius 3 is 2.36 bits per heavy atom. The van der Waals surface area contributed by atoms with E-state index in [9.17, 15) is 14.7 Å². The SMILES string of the molecule is CCOC(=O)C1=C(CCl)NC(=O)NC1c1cc(OC)c(O)c(OC)c1. The minimum atomic E-state index is -0.843. The molecule has 9 heteroatoms. The third kappa shape index (κ3) is 3.74. The van der Waals surface area contributed by atoms with Crippen molar-refractivity contribution < 1.29 is 28.9 Å². The number of rotatable bonds is 6. The lowest BCUT2D eigenvalue weighted by Gasteiger charge is -2.29. The predicted molar refractivity (Wildman–Crippen MR) is 90.0 cm³/mol. The van der Waals surface area contributed by atoms with Gasteiger partial charge in [-0.05, 0) is 24.6 Å². The molecule has 136 valence electrons. The van der Waals surface area contributed by atoms with Crippen molar-refractivity contribution in [1.29, 1.82) is 0 Å². The van der Waals surface area contributed by atoms with Crippen LogP contribution in [0.4, 0.5) is 4.79 Å². The number of carbonyl (C=O) groups is 2. The van der Waals surface area contributed by atoms with E-state index in [2.05, 4.69) is 10.6 Å². The van der Waals surface area contributed by atoms with Crippen LogP contribution >= 0.6 is 11.6 Å². The normalized spacial score (nSPS) is 16.8.